The van der Waals surface area contributed by atoms with Crippen LogP contribution in [0.4, 0.5) is 0 Å². The molecule has 1 aromatic rings. The summed E-state index contributed by atoms with van der Waals surface area (Å²) in [6.45, 7) is 8.08. The SMILES string of the molecule is COc1cccc(CS(=O)(=O)NC2CN(C(C)C)CC2C)c1. The van der Waals surface area contributed by atoms with Gasteiger partial charge in [0.2, 0.25) is 10.0 Å². The van der Waals surface area contributed by atoms with Gasteiger partial charge in [-0.05, 0) is 37.5 Å². The molecule has 0 amide bonds. The molecule has 0 radical (unpaired) electrons. The molecule has 5 nitrogen and oxygen atoms in total. The lowest BCUT2D eigenvalue weighted by molar-refractivity contribution is 0.265. The van der Waals surface area contributed by atoms with Gasteiger partial charge in [0.15, 0.2) is 0 Å². The first-order valence-electron chi connectivity index (χ1n) is 7.67. The lowest BCUT2D eigenvalue weighted by Crippen LogP contribution is -2.41. The van der Waals surface area contributed by atoms with Crippen molar-refractivity contribution in [3.63, 3.8) is 0 Å². The third-order valence-corrected chi connectivity index (χ3v) is 5.57. The molecule has 1 fully saturated rings. The number of nitrogens with one attached hydrogen (secondary N) is 1. The summed E-state index contributed by atoms with van der Waals surface area (Å²) in [7, 11) is -1.78. The zero-order valence-corrected chi connectivity index (χ0v) is 14.6. The smallest absolute Gasteiger partial charge is 0.216 e. The predicted molar refractivity (Wildman–Crippen MR) is 88.4 cm³/mol. The summed E-state index contributed by atoms with van der Waals surface area (Å²) in [5, 5.41) is 0. The Labute approximate surface area is 133 Å². The van der Waals surface area contributed by atoms with Crippen LogP contribution in [0.2, 0.25) is 0 Å². The number of likely N-dealkylation sites (tertiary alicyclic amines) is 1. The molecule has 0 spiro atoms. The normalized spacial score (nSPS) is 23.1. The highest BCUT2D eigenvalue weighted by Crippen LogP contribution is 2.20. The predicted octanol–water partition coefficient (Wildman–Crippen LogP) is 1.84. The fourth-order valence-corrected chi connectivity index (χ4v) is 4.30. The van der Waals surface area contributed by atoms with Gasteiger partial charge in [0, 0.05) is 25.2 Å². The molecule has 2 unspecified atom stereocenters. The Hall–Kier alpha value is -1.11. The first kappa shape index (κ1) is 17.2. The molecular formula is C16H26N2O3S. The van der Waals surface area contributed by atoms with E-state index < -0.39 is 10.0 Å². The zero-order valence-electron chi connectivity index (χ0n) is 13.7. The molecule has 6 heteroatoms. The van der Waals surface area contributed by atoms with Gasteiger partial charge in [-0.15, -0.1) is 0 Å². The number of hydrogen-bond donors (Lipinski definition) is 1. The van der Waals surface area contributed by atoms with Gasteiger partial charge < -0.3 is 4.74 Å². The molecular weight excluding hydrogens is 300 g/mol. The maximum absolute atomic E-state index is 12.4. The molecule has 2 atom stereocenters. The molecule has 1 saturated heterocycles. The summed E-state index contributed by atoms with van der Waals surface area (Å²) in [5.41, 5.74) is 0.734. The maximum atomic E-state index is 12.4. The average Bonchev–Trinajstić information content (AvgIpc) is 2.79. The Balaban J connectivity index is 2.02. The van der Waals surface area contributed by atoms with Crippen molar-refractivity contribution in [1.29, 1.82) is 0 Å². The third kappa shape index (κ3) is 4.44. The minimum absolute atomic E-state index is 0.0157. The van der Waals surface area contributed by atoms with Crippen LogP contribution in [0.5, 0.6) is 5.75 Å². The summed E-state index contributed by atoms with van der Waals surface area (Å²) in [6.07, 6.45) is 0. The Bertz CT molecular complexity index is 601. The number of ether oxygens (including phenoxy) is 1. The molecule has 2 rings (SSSR count). The van der Waals surface area contributed by atoms with Crippen LogP contribution in [-0.2, 0) is 15.8 Å². The molecule has 0 aromatic heterocycles. The van der Waals surface area contributed by atoms with Crippen molar-refractivity contribution in [2.75, 3.05) is 20.2 Å². The monoisotopic (exact) mass is 326 g/mol. The fourth-order valence-electron chi connectivity index (χ4n) is 2.83. The van der Waals surface area contributed by atoms with E-state index in [2.05, 4.69) is 30.4 Å². The Morgan fingerprint density at radius 3 is 2.68 bits per heavy atom. The van der Waals surface area contributed by atoms with Crippen molar-refractivity contribution in [3.8, 4) is 5.75 Å². The second kappa shape index (κ2) is 6.98. The Morgan fingerprint density at radius 1 is 1.36 bits per heavy atom. The van der Waals surface area contributed by atoms with E-state index in [0.717, 1.165) is 18.7 Å². The van der Waals surface area contributed by atoms with Crippen molar-refractivity contribution >= 4 is 10.0 Å². The molecule has 1 aliphatic rings. The molecule has 1 aliphatic heterocycles. The van der Waals surface area contributed by atoms with E-state index in [1.54, 1.807) is 19.2 Å². The Kier molecular flexibility index (Phi) is 5.47. The van der Waals surface area contributed by atoms with Gasteiger partial charge >= 0.3 is 0 Å². The number of methoxy groups -OCH3 is 1. The molecule has 0 bridgehead atoms. The van der Waals surface area contributed by atoms with Crippen molar-refractivity contribution in [2.24, 2.45) is 5.92 Å². The van der Waals surface area contributed by atoms with Gasteiger partial charge in [-0.3, -0.25) is 4.90 Å². The highest BCUT2D eigenvalue weighted by atomic mass is 32.2. The number of hydrogen-bond acceptors (Lipinski definition) is 4. The lowest BCUT2D eigenvalue weighted by Gasteiger charge is -2.20. The second-order valence-corrected chi connectivity index (χ2v) is 8.11. The number of nitrogens with zero attached hydrogens (tertiary/aromatic N) is 1. The Morgan fingerprint density at radius 2 is 2.09 bits per heavy atom. The van der Waals surface area contributed by atoms with Crippen LogP contribution in [0, 0.1) is 5.92 Å². The van der Waals surface area contributed by atoms with Crippen molar-refractivity contribution < 1.29 is 13.2 Å². The van der Waals surface area contributed by atoms with Gasteiger partial charge in [0.05, 0.1) is 12.9 Å². The van der Waals surface area contributed by atoms with Gasteiger partial charge in [-0.2, -0.15) is 0 Å². The van der Waals surface area contributed by atoms with Gasteiger partial charge in [-0.1, -0.05) is 19.1 Å². The van der Waals surface area contributed by atoms with Crippen molar-refractivity contribution in [3.05, 3.63) is 29.8 Å². The van der Waals surface area contributed by atoms with E-state index in [1.807, 2.05) is 12.1 Å². The van der Waals surface area contributed by atoms with Crippen LogP contribution in [-0.4, -0.2) is 45.6 Å². The average molecular weight is 326 g/mol. The third-order valence-electron chi connectivity index (χ3n) is 4.19. The molecule has 124 valence electrons. The standard InChI is InChI=1S/C16H26N2O3S/c1-12(2)18-9-13(3)16(10-18)17-22(19,20)11-14-6-5-7-15(8-14)21-4/h5-8,12-13,16-17H,9-11H2,1-4H3. The lowest BCUT2D eigenvalue weighted by atomic mass is 10.1. The van der Waals surface area contributed by atoms with E-state index in [1.165, 1.54) is 0 Å². The second-order valence-electron chi connectivity index (χ2n) is 6.36. The van der Waals surface area contributed by atoms with Crippen molar-refractivity contribution in [1.82, 2.24) is 9.62 Å². The van der Waals surface area contributed by atoms with E-state index in [4.69, 9.17) is 4.74 Å². The van der Waals surface area contributed by atoms with Crippen LogP contribution in [0.15, 0.2) is 24.3 Å². The first-order chi connectivity index (χ1) is 10.3. The van der Waals surface area contributed by atoms with E-state index in [-0.39, 0.29) is 11.8 Å². The summed E-state index contributed by atoms with van der Waals surface area (Å²) in [5.74, 6) is 0.977. The maximum Gasteiger partial charge on any atom is 0.216 e. The molecule has 1 heterocycles. The fraction of sp³-hybridized carbons (Fsp3) is 0.625. The van der Waals surface area contributed by atoms with Gasteiger partial charge in [0.1, 0.15) is 5.75 Å². The van der Waals surface area contributed by atoms with Gasteiger partial charge in [-0.25, -0.2) is 13.1 Å². The minimum atomic E-state index is -3.36. The van der Waals surface area contributed by atoms with Crippen LogP contribution < -0.4 is 9.46 Å². The molecule has 1 N–H and O–H groups in total. The number of benzene rings is 1. The largest absolute Gasteiger partial charge is 0.497 e. The van der Waals surface area contributed by atoms with Gasteiger partial charge in [0.25, 0.3) is 0 Å². The van der Waals surface area contributed by atoms with E-state index in [9.17, 15) is 8.42 Å². The van der Waals surface area contributed by atoms with Crippen LogP contribution >= 0.6 is 0 Å². The summed E-state index contributed by atoms with van der Waals surface area (Å²) in [4.78, 5) is 2.31. The van der Waals surface area contributed by atoms with Crippen LogP contribution in [0.25, 0.3) is 0 Å². The number of sulfonamides is 1. The molecule has 22 heavy (non-hydrogen) atoms. The summed E-state index contributed by atoms with van der Waals surface area (Å²) < 4.78 is 32.8. The summed E-state index contributed by atoms with van der Waals surface area (Å²) in [6, 6.07) is 7.61. The van der Waals surface area contributed by atoms with E-state index in [0.29, 0.717) is 17.7 Å². The van der Waals surface area contributed by atoms with Crippen molar-refractivity contribution in [2.45, 2.75) is 38.6 Å². The molecule has 0 saturated carbocycles. The quantitative estimate of drug-likeness (QED) is 0.867. The topological polar surface area (TPSA) is 58.6 Å². The van der Waals surface area contributed by atoms with Crippen LogP contribution in [0.3, 0.4) is 0 Å². The summed E-state index contributed by atoms with van der Waals surface area (Å²) >= 11 is 0. The van der Waals surface area contributed by atoms with E-state index >= 15 is 0 Å². The number of rotatable bonds is 6. The zero-order chi connectivity index (χ0) is 16.3. The molecule has 0 aliphatic carbocycles. The first-order valence-corrected chi connectivity index (χ1v) is 9.33. The molecule has 1 aromatic carbocycles. The van der Waals surface area contributed by atoms with Crippen LogP contribution in [0.1, 0.15) is 26.3 Å². The minimum Gasteiger partial charge on any atom is -0.497 e. The highest BCUT2D eigenvalue weighted by Gasteiger charge is 2.33. The highest BCUT2D eigenvalue weighted by molar-refractivity contribution is 7.88.